The summed E-state index contributed by atoms with van der Waals surface area (Å²) >= 11 is 0. The Morgan fingerprint density at radius 1 is 0.846 bits per heavy atom. The van der Waals surface area contributed by atoms with Crippen molar-refractivity contribution in [1.29, 1.82) is 0 Å². The van der Waals surface area contributed by atoms with E-state index in [2.05, 4.69) is 18.2 Å². The van der Waals surface area contributed by atoms with Crippen molar-refractivity contribution >= 4 is 16.9 Å². The smallest absolute Gasteiger partial charge is 0.356 e. The first kappa shape index (κ1) is 17.5. The first-order valence-electron chi connectivity index (χ1n) is 10.3. The van der Waals surface area contributed by atoms with E-state index >= 15 is 0 Å². The lowest BCUT2D eigenvalue weighted by Gasteiger charge is -2.27. The summed E-state index contributed by atoms with van der Waals surface area (Å²) in [5.41, 5.74) is 4.24. The number of esters is 1. The average Bonchev–Trinajstić information content (AvgIpc) is 2.73. The third kappa shape index (κ3) is 3.36. The second-order valence-corrected chi connectivity index (χ2v) is 8.00. The zero-order valence-electron chi connectivity index (χ0n) is 15.8. The van der Waals surface area contributed by atoms with Gasteiger partial charge in [0.25, 0.3) is 0 Å². The number of nitrogens with zero attached hydrogens (tertiary/aromatic N) is 1. The minimum absolute atomic E-state index is 0.343. The highest BCUT2D eigenvalue weighted by atomic mass is 16.5. The summed E-state index contributed by atoms with van der Waals surface area (Å²) in [5, 5.41) is 1.26. The maximum absolute atomic E-state index is 12.0. The summed E-state index contributed by atoms with van der Waals surface area (Å²) < 4.78 is 4.92. The van der Waals surface area contributed by atoms with Gasteiger partial charge in [0.2, 0.25) is 0 Å². The minimum Gasteiger partial charge on any atom is -0.464 e. The fourth-order valence-electron chi connectivity index (χ4n) is 4.99. The van der Waals surface area contributed by atoms with E-state index in [4.69, 9.17) is 9.72 Å². The van der Waals surface area contributed by atoms with Crippen LogP contribution in [0.25, 0.3) is 10.9 Å². The number of carbonyl (C=O) groups excluding carboxylic acids is 1. The molecule has 2 fully saturated rings. The van der Waals surface area contributed by atoms with Gasteiger partial charge in [0, 0.05) is 5.39 Å². The molecule has 0 atom stereocenters. The van der Waals surface area contributed by atoms with Gasteiger partial charge in [0.1, 0.15) is 5.69 Å². The van der Waals surface area contributed by atoms with Crippen molar-refractivity contribution in [2.45, 2.75) is 76.0 Å². The molecule has 4 rings (SSSR count). The number of ether oxygens (including phenoxy) is 1. The third-order valence-corrected chi connectivity index (χ3v) is 6.41. The first-order valence-corrected chi connectivity index (χ1v) is 10.3. The standard InChI is InChI=1S/C23H29NO2/c1-26-23(25)21-15-14-20-18(16-8-4-2-5-9-16)12-13-19(22(20)24-21)17-10-6-3-7-11-17/h12-17H,2-11H2,1H3. The van der Waals surface area contributed by atoms with Crippen LogP contribution in [0.15, 0.2) is 24.3 Å². The molecule has 3 nitrogen and oxygen atoms in total. The van der Waals surface area contributed by atoms with Crippen molar-refractivity contribution in [3.05, 3.63) is 41.1 Å². The summed E-state index contributed by atoms with van der Waals surface area (Å²) in [6, 6.07) is 8.63. The van der Waals surface area contributed by atoms with Gasteiger partial charge in [-0.15, -0.1) is 0 Å². The molecule has 26 heavy (non-hydrogen) atoms. The highest BCUT2D eigenvalue weighted by Gasteiger charge is 2.24. The predicted molar refractivity (Wildman–Crippen MR) is 105 cm³/mol. The van der Waals surface area contributed by atoms with Crippen LogP contribution in [-0.4, -0.2) is 18.1 Å². The van der Waals surface area contributed by atoms with E-state index in [0.717, 1.165) is 5.52 Å². The molecule has 0 aliphatic heterocycles. The zero-order chi connectivity index (χ0) is 17.9. The Balaban J connectivity index is 1.83. The van der Waals surface area contributed by atoms with E-state index < -0.39 is 0 Å². The van der Waals surface area contributed by atoms with Crippen molar-refractivity contribution in [3.63, 3.8) is 0 Å². The van der Waals surface area contributed by atoms with E-state index in [0.29, 0.717) is 17.5 Å². The number of pyridine rings is 1. The number of rotatable bonds is 3. The van der Waals surface area contributed by atoms with Crippen LogP contribution in [0.3, 0.4) is 0 Å². The van der Waals surface area contributed by atoms with Crippen LogP contribution >= 0.6 is 0 Å². The van der Waals surface area contributed by atoms with Crippen molar-refractivity contribution in [3.8, 4) is 0 Å². The largest absolute Gasteiger partial charge is 0.464 e. The lowest BCUT2D eigenvalue weighted by Crippen LogP contribution is -2.11. The molecule has 0 radical (unpaired) electrons. The van der Waals surface area contributed by atoms with E-state index in [-0.39, 0.29) is 5.97 Å². The molecule has 0 unspecified atom stereocenters. The number of carbonyl (C=O) groups is 1. The van der Waals surface area contributed by atoms with Crippen LogP contribution in [0, 0.1) is 0 Å². The van der Waals surface area contributed by atoms with Gasteiger partial charge in [0.05, 0.1) is 12.6 Å². The molecule has 1 aromatic heterocycles. The van der Waals surface area contributed by atoms with E-state index in [1.807, 2.05) is 6.07 Å². The fraction of sp³-hybridized carbons (Fsp3) is 0.565. The normalized spacial score (nSPS) is 19.6. The lowest BCUT2D eigenvalue weighted by atomic mass is 9.79. The second-order valence-electron chi connectivity index (χ2n) is 8.00. The molecule has 3 heteroatoms. The van der Waals surface area contributed by atoms with Gasteiger partial charge >= 0.3 is 5.97 Å². The summed E-state index contributed by atoms with van der Waals surface area (Å²) in [6.45, 7) is 0. The van der Waals surface area contributed by atoms with Crippen molar-refractivity contribution < 1.29 is 9.53 Å². The van der Waals surface area contributed by atoms with Crippen molar-refractivity contribution in [2.75, 3.05) is 7.11 Å². The quantitative estimate of drug-likeness (QED) is 0.626. The molecule has 138 valence electrons. The molecule has 2 saturated carbocycles. The molecule has 2 aliphatic carbocycles. The van der Waals surface area contributed by atoms with E-state index in [9.17, 15) is 4.79 Å². The first-order chi connectivity index (χ1) is 12.8. The lowest BCUT2D eigenvalue weighted by molar-refractivity contribution is 0.0594. The maximum atomic E-state index is 12.0. The Hall–Kier alpha value is -1.90. The van der Waals surface area contributed by atoms with Gasteiger partial charge in [0.15, 0.2) is 0 Å². The topological polar surface area (TPSA) is 39.2 Å². The molecule has 0 spiro atoms. The Morgan fingerprint density at radius 2 is 1.42 bits per heavy atom. The molecule has 2 aromatic rings. The summed E-state index contributed by atoms with van der Waals surface area (Å²) in [7, 11) is 1.43. The van der Waals surface area contributed by atoms with E-state index in [1.54, 1.807) is 0 Å². The highest BCUT2D eigenvalue weighted by molar-refractivity contribution is 5.93. The molecule has 1 heterocycles. The Labute approximate surface area is 156 Å². The van der Waals surface area contributed by atoms with Gasteiger partial charge in [-0.1, -0.05) is 56.7 Å². The number of hydrogen-bond acceptors (Lipinski definition) is 3. The molecule has 0 bridgehead atoms. The van der Waals surface area contributed by atoms with Crippen LogP contribution in [0.2, 0.25) is 0 Å². The molecular formula is C23H29NO2. The SMILES string of the molecule is COC(=O)c1ccc2c(C3CCCCC3)ccc(C3CCCCC3)c2n1. The third-order valence-electron chi connectivity index (χ3n) is 6.41. The van der Waals surface area contributed by atoms with Crippen LogP contribution in [0.4, 0.5) is 0 Å². The van der Waals surface area contributed by atoms with Crippen LogP contribution < -0.4 is 0 Å². The average molecular weight is 351 g/mol. The fourth-order valence-corrected chi connectivity index (χ4v) is 4.99. The number of hydrogen-bond donors (Lipinski definition) is 0. The molecule has 0 amide bonds. The number of aromatic nitrogens is 1. The minimum atomic E-state index is -0.343. The van der Waals surface area contributed by atoms with Gasteiger partial charge in [-0.05, 0) is 54.7 Å². The Kier molecular flexibility index (Phi) is 5.23. The van der Waals surface area contributed by atoms with Crippen molar-refractivity contribution in [2.24, 2.45) is 0 Å². The summed E-state index contributed by atoms with van der Waals surface area (Å²) in [5.74, 6) is 0.869. The van der Waals surface area contributed by atoms with Crippen molar-refractivity contribution in [1.82, 2.24) is 4.98 Å². The number of benzene rings is 1. The number of methoxy groups -OCH3 is 1. The summed E-state index contributed by atoms with van der Waals surface area (Å²) in [6.07, 6.45) is 13.0. The van der Waals surface area contributed by atoms with E-state index in [1.165, 1.54) is 87.8 Å². The molecule has 0 saturated heterocycles. The van der Waals surface area contributed by atoms with Crippen LogP contribution in [0.5, 0.6) is 0 Å². The van der Waals surface area contributed by atoms with Gasteiger partial charge in [-0.3, -0.25) is 0 Å². The number of fused-ring (bicyclic) bond motifs is 1. The molecule has 2 aliphatic rings. The van der Waals surface area contributed by atoms with Gasteiger partial charge in [-0.25, -0.2) is 9.78 Å². The molecule has 1 aromatic carbocycles. The zero-order valence-corrected chi connectivity index (χ0v) is 15.8. The predicted octanol–water partition coefficient (Wildman–Crippen LogP) is 6.12. The second kappa shape index (κ2) is 7.77. The molecule has 0 N–H and O–H groups in total. The maximum Gasteiger partial charge on any atom is 0.356 e. The van der Waals surface area contributed by atoms with Crippen LogP contribution in [0.1, 0.15) is 97.7 Å². The van der Waals surface area contributed by atoms with Gasteiger partial charge in [-0.2, -0.15) is 0 Å². The Bertz CT molecular complexity index is 786. The van der Waals surface area contributed by atoms with Gasteiger partial charge < -0.3 is 4.74 Å². The summed E-state index contributed by atoms with van der Waals surface area (Å²) in [4.78, 5) is 16.8. The monoisotopic (exact) mass is 351 g/mol. The Morgan fingerprint density at radius 3 is 2.04 bits per heavy atom. The molecular weight excluding hydrogens is 322 g/mol. The highest BCUT2D eigenvalue weighted by Crippen LogP contribution is 2.41. The van der Waals surface area contributed by atoms with Crippen LogP contribution in [-0.2, 0) is 4.74 Å².